The number of nitrogens with one attached hydrogen (secondary N) is 1. The zero-order valence-electron chi connectivity index (χ0n) is 17.9. The maximum absolute atomic E-state index is 5.20. The minimum Gasteiger partial charge on any atom is -0.340 e. The molecule has 1 aliphatic carbocycles. The Morgan fingerprint density at radius 2 is 1.90 bits per heavy atom. The van der Waals surface area contributed by atoms with Gasteiger partial charge in [0, 0.05) is 18.9 Å². The van der Waals surface area contributed by atoms with Gasteiger partial charge in [0.1, 0.15) is 17.5 Å². The lowest BCUT2D eigenvalue weighted by Gasteiger charge is -2.40. The number of anilines is 2. The number of nitrogens with zero attached hydrogens (tertiary/aromatic N) is 6. The maximum atomic E-state index is 5.20. The summed E-state index contributed by atoms with van der Waals surface area (Å²) in [7, 11) is 0. The Balaban J connectivity index is 1.41. The van der Waals surface area contributed by atoms with Crippen LogP contribution < -0.4 is 4.90 Å². The minimum absolute atomic E-state index is 0.141. The van der Waals surface area contributed by atoms with Gasteiger partial charge in [-0.05, 0) is 69.4 Å². The van der Waals surface area contributed by atoms with Crippen LogP contribution in [0.3, 0.4) is 0 Å². The Labute approximate surface area is 181 Å². The lowest BCUT2D eigenvalue weighted by Crippen LogP contribution is -2.38. The number of aryl methyl sites for hydroxylation is 3. The summed E-state index contributed by atoms with van der Waals surface area (Å²) < 4.78 is 0. The average Bonchev–Trinajstić information content (AvgIpc) is 3.15. The number of fused-ring (bicyclic) bond motifs is 2. The second kappa shape index (κ2) is 6.83. The van der Waals surface area contributed by atoms with Crippen LogP contribution in [0, 0.1) is 13.8 Å². The molecule has 4 aromatic rings. The fourth-order valence-electron chi connectivity index (χ4n) is 4.92. The molecule has 31 heavy (non-hydrogen) atoms. The summed E-state index contributed by atoms with van der Waals surface area (Å²) in [5.74, 6) is 2.73. The molecule has 2 aliphatic rings. The fourth-order valence-corrected chi connectivity index (χ4v) is 4.92. The third kappa shape index (κ3) is 2.91. The van der Waals surface area contributed by atoms with Crippen LogP contribution in [0.2, 0.25) is 0 Å². The first-order valence-electron chi connectivity index (χ1n) is 11.0. The van der Waals surface area contributed by atoms with E-state index in [1.54, 1.807) is 0 Å². The Morgan fingerprint density at radius 3 is 2.71 bits per heavy atom. The SMILES string of the molecule is Cc1cnc2nc(C3(c4ccc5c(n4)CCCN5c4ccnc(C)n4)CCC3)[nH]c2c1. The highest BCUT2D eigenvalue weighted by atomic mass is 15.2. The fraction of sp³-hybridized carbons (Fsp3) is 0.375. The number of hydrogen-bond donors (Lipinski definition) is 1. The van der Waals surface area contributed by atoms with Crippen LogP contribution in [-0.4, -0.2) is 36.4 Å². The highest BCUT2D eigenvalue weighted by molar-refractivity contribution is 5.72. The summed E-state index contributed by atoms with van der Waals surface area (Å²) in [6.07, 6.45) is 9.07. The van der Waals surface area contributed by atoms with Crippen LogP contribution in [0.25, 0.3) is 11.2 Å². The molecule has 0 amide bonds. The van der Waals surface area contributed by atoms with Gasteiger partial charge in [0.05, 0.1) is 28.0 Å². The monoisotopic (exact) mass is 411 g/mol. The second-order valence-electron chi connectivity index (χ2n) is 8.78. The number of H-pyrrole nitrogens is 1. The molecule has 0 aromatic carbocycles. The van der Waals surface area contributed by atoms with Crippen molar-refractivity contribution >= 4 is 22.7 Å². The van der Waals surface area contributed by atoms with Crippen molar-refractivity contribution in [3.05, 3.63) is 65.3 Å². The van der Waals surface area contributed by atoms with Gasteiger partial charge in [-0.25, -0.2) is 19.9 Å². The quantitative estimate of drug-likeness (QED) is 0.541. The highest BCUT2D eigenvalue weighted by Crippen LogP contribution is 2.48. The van der Waals surface area contributed by atoms with Crippen molar-refractivity contribution in [1.29, 1.82) is 0 Å². The molecule has 156 valence electrons. The van der Waals surface area contributed by atoms with Crippen molar-refractivity contribution in [3.8, 4) is 0 Å². The van der Waals surface area contributed by atoms with Gasteiger partial charge in [-0.3, -0.25) is 4.98 Å². The Bertz CT molecular complexity index is 1290. The summed E-state index contributed by atoms with van der Waals surface area (Å²) in [6, 6.07) is 8.51. The van der Waals surface area contributed by atoms with E-state index in [4.69, 9.17) is 9.97 Å². The van der Waals surface area contributed by atoms with Gasteiger partial charge in [0.15, 0.2) is 5.65 Å². The maximum Gasteiger partial charge on any atom is 0.177 e. The van der Waals surface area contributed by atoms with E-state index in [1.807, 2.05) is 25.4 Å². The molecule has 1 N–H and O–H groups in total. The third-order valence-corrected chi connectivity index (χ3v) is 6.70. The van der Waals surface area contributed by atoms with Crippen molar-refractivity contribution in [2.45, 2.75) is 51.4 Å². The van der Waals surface area contributed by atoms with Crippen LogP contribution in [0.1, 0.15) is 54.3 Å². The minimum atomic E-state index is -0.141. The first-order valence-corrected chi connectivity index (χ1v) is 11.0. The van der Waals surface area contributed by atoms with E-state index >= 15 is 0 Å². The van der Waals surface area contributed by atoms with Crippen molar-refractivity contribution in [1.82, 2.24) is 29.9 Å². The van der Waals surface area contributed by atoms with Crippen LogP contribution in [0.15, 0.2) is 36.7 Å². The number of hydrogen-bond acceptors (Lipinski definition) is 6. The van der Waals surface area contributed by atoms with E-state index in [0.29, 0.717) is 0 Å². The molecule has 1 aliphatic heterocycles. The van der Waals surface area contributed by atoms with Gasteiger partial charge in [0.2, 0.25) is 0 Å². The van der Waals surface area contributed by atoms with E-state index in [9.17, 15) is 0 Å². The van der Waals surface area contributed by atoms with E-state index in [-0.39, 0.29) is 5.41 Å². The highest BCUT2D eigenvalue weighted by Gasteiger charge is 2.45. The number of rotatable bonds is 3. The van der Waals surface area contributed by atoms with E-state index in [0.717, 1.165) is 83.5 Å². The van der Waals surface area contributed by atoms with E-state index < -0.39 is 0 Å². The number of pyridine rings is 2. The first kappa shape index (κ1) is 18.4. The van der Waals surface area contributed by atoms with Crippen LogP contribution in [0.5, 0.6) is 0 Å². The molecule has 0 unspecified atom stereocenters. The molecule has 1 fully saturated rings. The van der Waals surface area contributed by atoms with Crippen molar-refractivity contribution in [2.75, 3.05) is 11.4 Å². The van der Waals surface area contributed by atoms with Crippen molar-refractivity contribution < 1.29 is 0 Å². The van der Waals surface area contributed by atoms with E-state index in [2.05, 4.69) is 50.0 Å². The summed E-state index contributed by atoms with van der Waals surface area (Å²) in [5, 5.41) is 0. The Morgan fingerprint density at radius 1 is 1.00 bits per heavy atom. The summed E-state index contributed by atoms with van der Waals surface area (Å²) in [6.45, 7) is 4.94. The molecule has 6 rings (SSSR count). The lowest BCUT2D eigenvalue weighted by molar-refractivity contribution is 0.279. The molecule has 7 heteroatoms. The normalized spacial score (nSPS) is 17.4. The number of imidazole rings is 1. The molecule has 0 saturated heterocycles. The zero-order chi connectivity index (χ0) is 21.0. The molecular formula is C24H25N7. The van der Waals surface area contributed by atoms with Gasteiger partial charge < -0.3 is 9.88 Å². The summed E-state index contributed by atoms with van der Waals surface area (Å²) in [5.41, 5.74) is 6.21. The van der Waals surface area contributed by atoms with Crippen molar-refractivity contribution in [3.63, 3.8) is 0 Å². The molecule has 0 spiro atoms. The standard InChI is InChI=1S/C24H25N7/c1-15-13-18-22(26-14-15)30-23(29-18)24(9-4-10-24)20-7-6-19-17(28-20)5-3-12-31(19)21-8-11-25-16(2)27-21/h6-8,11,13-14H,3-5,9-10,12H2,1-2H3,(H,26,29,30). The Kier molecular flexibility index (Phi) is 4.06. The van der Waals surface area contributed by atoms with Crippen molar-refractivity contribution in [2.24, 2.45) is 0 Å². The Hall–Kier alpha value is -3.35. The molecular weight excluding hydrogens is 386 g/mol. The number of aromatic nitrogens is 6. The molecule has 5 heterocycles. The van der Waals surface area contributed by atoms with Gasteiger partial charge in [-0.1, -0.05) is 6.42 Å². The molecule has 0 atom stereocenters. The molecule has 0 bridgehead atoms. The van der Waals surface area contributed by atoms with Crippen LogP contribution >= 0.6 is 0 Å². The molecule has 4 aromatic heterocycles. The van der Waals surface area contributed by atoms with Gasteiger partial charge in [0.25, 0.3) is 0 Å². The summed E-state index contributed by atoms with van der Waals surface area (Å²) >= 11 is 0. The predicted molar refractivity (Wildman–Crippen MR) is 120 cm³/mol. The average molecular weight is 412 g/mol. The summed E-state index contributed by atoms with van der Waals surface area (Å²) in [4.78, 5) is 29.3. The molecule has 0 radical (unpaired) electrons. The van der Waals surface area contributed by atoms with Gasteiger partial charge in [-0.15, -0.1) is 0 Å². The topological polar surface area (TPSA) is 83.5 Å². The third-order valence-electron chi connectivity index (χ3n) is 6.70. The predicted octanol–water partition coefficient (Wildman–Crippen LogP) is 4.31. The molecule has 7 nitrogen and oxygen atoms in total. The zero-order valence-corrected chi connectivity index (χ0v) is 17.9. The largest absolute Gasteiger partial charge is 0.340 e. The molecule has 1 saturated carbocycles. The smallest absolute Gasteiger partial charge is 0.177 e. The van der Waals surface area contributed by atoms with Crippen LogP contribution in [-0.2, 0) is 11.8 Å². The lowest BCUT2D eigenvalue weighted by atomic mass is 9.65. The second-order valence-corrected chi connectivity index (χ2v) is 8.78. The van der Waals surface area contributed by atoms with Crippen LogP contribution in [0.4, 0.5) is 11.5 Å². The van der Waals surface area contributed by atoms with Gasteiger partial charge >= 0.3 is 0 Å². The number of aromatic amines is 1. The van der Waals surface area contributed by atoms with Gasteiger partial charge in [-0.2, -0.15) is 0 Å². The first-order chi connectivity index (χ1) is 15.1. The van der Waals surface area contributed by atoms with E-state index in [1.165, 1.54) is 6.42 Å².